The molecule has 1 N–H and O–H groups in total. The molecular formula is C16H24N6O4. The number of carbonyl (C=O) groups excluding carboxylic acids is 1. The Morgan fingerprint density at radius 3 is 3.04 bits per heavy atom. The van der Waals surface area contributed by atoms with Gasteiger partial charge in [-0.15, -0.1) is 0 Å². The van der Waals surface area contributed by atoms with Crippen LogP contribution in [0.1, 0.15) is 30.3 Å². The number of aromatic nitrogens is 4. The number of nitrogens with zero attached hydrogens (tertiary/aromatic N) is 5. The van der Waals surface area contributed by atoms with Crippen molar-refractivity contribution in [1.82, 2.24) is 30.1 Å². The van der Waals surface area contributed by atoms with Crippen LogP contribution in [0.15, 0.2) is 16.9 Å². The summed E-state index contributed by atoms with van der Waals surface area (Å²) in [6, 6.07) is -0.161. The predicted octanol–water partition coefficient (Wildman–Crippen LogP) is 0.893. The largest absolute Gasteiger partial charge is 0.383 e. The number of ether oxygens (including phenoxy) is 2. The minimum atomic E-state index is -0.414. The van der Waals surface area contributed by atoms with E-state index in [2.05, 4.69) is 20.6 Å². The number of methoxy groups -OCH3 is 1. The predicted molar refractivity (Wildman–Crippen MR) is 90.2 cm³/mol. The highest BCUT2D eigenvalue weighted by molar-refractivity contribution is 5.74. The Kier molecular flexibility index (Phi) is 5.84. The van der Waals surface area contributed by atoms with Crippen LogP contribution in [0.4, 0.5) is 4.79 Å². The normalized spacial score (nSPS) is 20.3. The molecule has 10 heteroatoms. The van der Waals surface area contributed by atoms with E-state index < -0.39 is 6.10 Å². The van der Waals surface area contributed by atoms with Gasteiger partial charge in [-0.2, -0.15) is 10.1 Å². The van der Waals surface area contributed by atoms with Crippen LogP contribution in [0.5, 0.6) is 0 Å². The number of morpholine rings is 1. The number of rotatable bonds is 6. The third-order valence-electron chi connectivity index (χ3n) is 4.02. The van der Waals surface area contributed by atoms with Crippen molar-refractivity contribution in [3.8, 4) is 0 Å². The lowest BCUT2D eigenvalue weighted by atomic mass is 10.2. The minimum absolute atomic E-state index is 0.122. The van der Waals surface area contributed by atoms with E-state index in [0.717, 1.165) is 5.56 Å². The van der Waals surface area contributed by atoms with Gasteiger partial charge in [0.25, 0.3) is 5.89 Å². The molecule has 1 aliphatic rings. The van der Waals surface area contributed by atoms with Crippen molar-refractivity contribution < 1.29 is 18.8 Å². The maximum Gasteiger partial charge on any atom is 0.317 e. The van der Waals surface area contributed by atoms with E-state index in [0.29, 0.717) is 44.5 Å². The van der Waals surface area contributed by atoms with Gasteiger partial charge in [-0.1, -0.05) is 5.16 Å². The zero-order valence-corrected chi connectivity index (χ0v) is 15.2. The molecule has 2 amide bonds. The number of carbonyl (C=O) groups is 1. The number of urea groups is 1. The van der Waals surface area contributed by atoms with E-state index in [-0.39, 0.29) is 12.1 Å². The fourth-order valence-corrected chi connectivity index (χ4v) is 2.79. The average Bonchev–Trinajstić information content (AvgIpc) is 3.26. The van der Waals surface area contributed by atoms with Crippen LogP contribution in [0.3, 0.4) is 0 Å². The summed E-state index contributed by atoms with van der Waals surface area (Å²) in [6.45, 7) is 6.20. The highest BCUT2D eigenvalue weighted by Gasteiger charge is 2.32. The summed E-state index contributed by atoms with van der Waals surface area (Å²) in [5.41, 5.74) is 0.930. The van der Waals surface area contributed by atoms with Gasteiger partial charge in [0.15, 0.2) is 11.9 Å². The van der Waals surface area contributed by atoms with Gasteiger partial charge >= 0.3 is 6.03 Å². The molecule has 10 nitrogen and oxygen atoms in total. The standard InChI is InChI=1S/C16H24N6O4/c1-11-8-21(10-14(25-11)15-19-12(2)20-26-15)16(23)17-6-13-7-18-22(9-13)4-5-24-3/h7,9,11,14H,4-6,8,10H2,1-3H3,(H,17,23)/t11-,14-/m1/s1. The number of amides is 2. The van der Waals surface area contributed by atoms with Gasteiger partial charge in [-0.3, -0.25) is 4.68 Å². The van der Waals surface area contributed by atoms with Crippen molar-refractivity contribution in [2.24, 2.45) is 0 Å². The maximum absolute atomic E-state index is 12.5. The van der Waals surface area contributed by atoms with Crippen molar-refractivity contribution >= 4 is 6.03 Å². The van der Waals surface area contributed by atoms with Gasteiger partial charge in [-0.05, 0) is 13.8 Å². The monoisotopic (exact) mass is 364 g/mol. The van der Waals surface area contributed by atoms with E-state index in [9.17, 15) is 4.79 Å². The number of hydrogen-bond donors (Lipinski definition) is 1. The van der Waals surface area contributed by atoms with Gasteiger partial charge in [0.05, 0.1) is 32.0 Å². The lowest BCUT2D eigenvalue weighted by Crippen LogP contribution is -2.49. The molecule has 1 aliphatic heterocycles. The van der Waals surface area contributed by atoms with Gasteiger partial charge in [0, 0.05) is 32.0 Å². The molecule has 0 unspecified atom stereocenters. The Labute approximate surface area is 151 Å². The van der Waals surface area contributed by atoms with Crippen molar-refractivity contribution in [3.05, 3.63) is 29.7 Å². The van der Waals surface area contributed by atoms with E-state index in [1.54, 1.807) is 29.8 Å². The summed E-state index contributed by atoms with van der Waals surface area (Å²) in [6.07, 6.45) is 3.10. The molecule has 26 heavy (non-hydrogen) atoms. The summed E-state index contributed by atoms with van der Waals surface area (Å²) in [4.78, 5) is 18.4. The summed E-state index contributed by atoms with van der Waals surface area (Å²) in [5, 5.41) is 10.9. The first-order chi connectivity index (χ1) is 12.5. The van der Waals surface area contributed by atoms with Crippen LogP contribution in [0, 0.1) is 6.92 Å². The minimum Gasteiger partial charge on any atom is -0.383 e. The lowest BCUT2D eigenvalue weighted by Gasteiger charge is -2.35. The first-order valence-electron chi connectivity index (χ1n) is 8.54. The second-order valence-corrected chi connectivity index (χ2v) is 6.28. The first-order valence-corrected chi connectivity index (χ1v) is 8.54. The highest BCUT2D eigenvalue weighted by atomic mass is 16.5. The smallest absolute Gasteiger partial charge is 0.317 e. The Morgan fingerprint density at radius 1 is 1.46 bits per heavy atom. The van der Waals surface area contributed by atoms with Crippen molar-refractivity contribution in [2.75, 3.05) is 26.8 Å². The summed E-state index contributed by atoms with van der Waals surface area (Å²) in [5.74, 6) is 0.939. The molecule has 0 spiro atoms. The SMILES string of the molecule is COCCn1cc(CNC(=O)N2C[C@@H](C)O[C@@H](c3nc(C)no3)C2)cn1. The number of nitrogens with one attached hydrogen (secondary N) is 1. The molecule has 0 bridgehead atoms. The van der Waals surface area contributed by atoms with Crippen LogP contribution in [-0.4, -0.2) is 63.8 Å². The Hall–Kier alpha value is -2.46. The van der Waals surface area contributed by atoms with E-state index >= 15 is 0 Å². The first kappa shape index (κ1) is 18.3. The van der Waals surface area contributed by atoms with Crippen LogP contribution in [0.25, 0.3) is 0 Å². The van der Waals surface area contributed by atoms with E-state index in [1.807, 2.05) is 13.1 Å². The maximum atomic E-state index is 12.5. The summed E-state index contributed by atoms with van der Waals surface area (Å²) >= 11 is 0. The molecule has 2 aromatic heterocycles. The van der Waals surface area contributed by atoms with Gasteiger partial charge in [0.2, 0.25) is 0 Å². The van der Waals surface area contributed by atoms with Gasteiger partial charge < -0.3 is 24.2 Å². The summed E-state index contributed by atoms with van der Waals surface area (Å²) < 4.78 is 17.8. The molecular weight excluding hydrogens is 340 g/mol. The molecule has 0 saturated carbocycles. The molecule has 1 fully saturated rings. The van der Waals surface area contributed by atoms with Crippen molar-refractivity contribution in [1.29, 1.82) is 0 Å². The van der Waals surface area contributed by atoms with E-state index in [1.165, 1.54) is 0 Å². The van der Waals surface area contributed by atoms with Crippen molar-refractivity contribution in [3.63, 3.8) is 0 Å². The Bertz CT molecular complexity index is 730. The highest BCUT2D eigenvalue weighted by Crippen LogP contribution is 2.24. The molecule has 3 heterocycles. The molecule has 142 valence electrons. The second kappa shape index (κ2) is 8.28. The third kappa shape index (κ3) is 4.58. The van der Waals surface area contributed by atoms with Crippen LogP contribution < -0.4 is 5.32 Å². The van der Waals surface area contributed by atoms with E-state index in [4.69, 9.17) is 14.0 Å². The topological polar surface area (TPSA) is 108 Å². The average molecular weight is 364 g/mol. The zero-order chi connectivity index (χ0) is 18.5. The summed E-state index contributed by atoms with van der Waals surface area (Å²) in [7, 11) is 1.65. The van der Waals surface area contributed by atoms with Gasteiger partial charge in [0.1, 0.15) is 0 Å². The Balaban J connectivity index is 1.54. The molecule has 1 saturated heterocycles. The molecule has 0 aliphatic carbocycles. The molecule has 0 radical (unpaired) electrons. The third-order valence-corrected chi connectivity index (χ3v) is 4.02. The molecule has 0 aromatic carbocycles. The van der Waals surface area contributed by atoms with Crippen molar-refractivity contribution in [2.45, 2.75) is 39.1 Å². The lowest BCUT2D eigenvalue weighted by molar-refractivity contribution is -0.0782. The Morgan fingerprint density at radius 2 is 2.31 bits per heavy atom. The molecule has 2 aromatic rings. The number of aryl methyl sites for hydroxylation is 1. The zero-order valence-electron chi connectivity index (χ0n) is 15.2. The number of hydrogen-bond acceptors (Lipinski definition) is 7. The fourth-order valence-electron chi connectivity index (χ4n) is 2.79. The van der Waals surface area contributed by atoms with Gasteiger partial charge in [-0.25, -0.2) is 4.79 Å². The second-order valence-electron chi connectivity index (χ2n) is 6.28. The fraction of sp³-hybridized carbons (Fsp3) is 0.625. The quantitative estimate of drug-likeness (QED) is 0.811. The van der Waals surface area contributed by atoms with Crippen LogP contribution in [0.2, 0.25) is 0 Å². The van der Waals surface area contributed by atoms with Crippen LogP contribution >= 0.6 is 0 Å². The van der Waals surface area contributed by atoms with Crippen LogP contribution in [-0.2, 0) is 22.6 Å². The molecule has 3 rings (SSSR count). The molecule has 2 atom stereocenters.